The van der Waals surface area contributed by atoms with Crippen molar-refractivity contribution in [2.75, 3.05) is 0 Å². The molecule has 0 saturated carbocycles. The molecule has 0 amide bonds. The number of carbonyl (C=O) groups excluding carboxylic acids is 1. The van der Waals surface area contributed by atoms with Crippen LogP contribution in [0, 0.1) is 0 Å². The Morgan fingerprint density at radius 1 is 1.15 bits per heavy atom. The Morgan fingerprint density at radius 2 is 1.89 bits per heavy atom. The van der Waals surface area contributed by atoms with Crippen molar-refractivity contribution in [1.29, 1.82) is 0 Å². The van der Waals surface area contributed by atoms with Crippen molar-refractivity contribution in [2.24, 2.45) is 0 Å². The summed E-state index contributed by atoms with van der Waals surface area (Å²) in [4.78, 5) is 12.2. The van der Waals surface area contributed by atoms with Gasteiger partial charge in [0.05, 0.1) is 17.3 Å². The Labute approximate surface area is 162 Å². The first-order valence-corrected chi connectivity index (χ1v) is 9.73. The number of hydrogen-bond donors (Lipinski definition) is 2. The zero-order valence-electron chi connectivity index (χ0n) is 16.9. The zero-order chi connectivity index (χ0) is 20.0. The number of rotatable bonds is 10. The summed E-state index contributed by atoms with van der Waals surface area (Å²) in [5.74, 6) is -0.331. The van der Waals surface area contributed by atoms with E-state index in [0.29, 0.717) is 18.9 Å². The predicted molar refractivity (Wildman–Crippen MR) is 108 cm³/mol. The highest BCUT2D eigenvalue weighted by Crippen LogP contribution is 2.43. The van der Waals surface area contributed by atoms with E-state index in [2.05, 4.69) is 39.8 Å². The van der Waals surface area contributed by atoms with Crippen LogP contribution in [0.25, 0.3) is 0 Å². The molecule has 148 valence electrons. The SMILES string of the molecule is CC(C)=CCC[C@]1(C)O[C@@H]1CC/C(C)=C/CCC(=O)c1ccc(O)cc1O. The summed E-state index contributed by atoms with van der Waals surface area (Å²) in [6.07, 6.45) is 9.80. The van der Waals surface area contributed by atoms with E-state index in [4.69, 9.17) is 4.74 Å². The van der Waals surface area contributed by atoms with E-state index in [1.807, 2.05) is 0 Å². The highest BCUT2D eigenvalue weighted by molar-refractivity contribution is 5.98. The van der Waals surface area contributed by atoms with E-state index in [9.17, 15) is 15.0 Å². The van der Waals surface area contributed by atoms with Crippen LogP contribution >= 0.6 is 0 Å². The normalized spacial score (nSPS) is 21.8. The maximum absolute atomic E-state index is 12.2. The maximum Gasteiger partial charge on any atom is 0.166 e. The van der Waals surface area contributed by atoms with Gasteiger partial charge in [-0.05, 0) is 71.9 Å². The number of aromatic hydroxyl groups is 2. The Balaban J connectivity index is 1.71. The van der Waals surface area contributed by atoms with Gasteiger partial charge in [0.25, 0.3) is 0 Å². The Kier molecular flexibility index (Phi) is 7.25. The van der Waals surface area contributed by atoms with Crippen LogP contribution in [0.1, 0.15) is 76.6 Å². The molecule has 1 aromatic rings. The molecule has 0 radical (unpaired) electrons. The minimum atomic E-state index is -0.168. The monoisotopic (exact) mass is 372 g/mol. The highest BCUT2D eigenvalue weighted by Gasteiger charge is 2.50. The molecule has 1 aromatic carbocycles. The number of epoxide rings is 1. The van der Waals surface area contributed by atoms with Crippen molar-refractivity contribution >= 4 is 5.78 Å². The molecule has 1 aliphatic rings. The molecule has 27 heavy (non-hydrogen) atoms. The van der Waals surface area contributed by atoms with Gasteiger partial charge in [-0.25, -0.2) is 0 Å². The fraction of sp³-hybridized carbons (Fsp3) is 0.522. The van der Waals surface area contributed by atoms with Crippen molar-refractivity contribution < 1.29 is 19.7 Å². The quantitative estimate of drug-likeness (QED) is 0.314. The van der Waals surface area contributed by atoms with Gasteiger partial charge >= 0.3 is 0 Å². The lowest BCUT2D eigenvalue weighted by atomic mass is 9.96. The number of carbonyl (C=O) groups is 1. The van der Waals surface area contributed by atoms with E-state index in [1.165, 1.54) is 29.3 Å². The molecule has 4 heteroatoms. The van der Waals surface area contributed by atoms with Crippen LogP contribution < -0.4 is 0 Å². The van der Waals surface area contributed by atoms with Gasteiger partial charge in [0.15, 0.2) is 5.78 Å². The first kappa shape index (κ1) is 21.2. The molecule has 4 nitrogen and oxygen atoms in total. The third kappa shape index (κ3) is 6.55. The molecule has 2 atom stereocenters. The number of benzene rings is 1. The van der Waals surface area contributed by atoms with Crippen LogP contribution in [0.3, 0.4) is 0 Å². The molecule has 0 aromatic heterocycles. The molecule has 0 spiro atoms. The van der Waals surface area contributed by atoms with Crippen LogP contribution in [0.15, 0.2) is 41.5 Å². The Bertz CT molecular complexity index is 728. The van der Waals surface area contributed by atoms with Gasteiger partial charge in [-0.2, -0.15) is 0 Å². The molecule has 1 fully saturated rings. The van der Waals surface area contributed by atoms with Gasteiger partial charge < -0.3 is 14.9 Å². The number of hydrogen-bond acceptors (Lipinski definition) is 4. The molecule has 2 rings (SSSR count). The van der Waals surface area contributed by atoms with Crippen molar-refractivity contribution in [3.8, 4) is 11.5 Å². The molecule has 2 N–H and O–H groups in total. The van der Waals surface area contributed by atoms with Gasteiger partial charge in [0.2, 0.25) is 0 Å². The van der Waals surface area contributed by atoms with Crippen LogP contribution in [0.5, 0.6) is 11.5 Å². The first-order chi connectivity index (χ1) is 12.7. The van der Waals surface area contributed by atoms with E-state index < -0.39 is 0 Å². The minimum Gasteiger partial charge on any atom is -0.508 e. The number of phenolic OH excluding ortho intramolecular Hbond substituents is 2. The van der Waals surface area contributed by atoms with Gasteiger partial charge in [0.1, 0.15) is 11.5 Å². The molecule has 0 aliphatic carbocycles. The van der Waals surface area contributed by atoms with Gasteiger partial charge in [-0.3, -0.25) is 4.79 Å². The number of Topliss-reactive ketones (excluding diaryl/α,β-unsaturated/α-hetero) is 1. The van der Waals surface area contributed by atoms with Crippen molar-refractivity contribution in [1.82, 2.24) is 0 Å². The molecule has 0 bridgehead atoms. The number of allylic oxidation sites excluding steroid dienone is 4. The molecule has 1 heterocycles. The summed E-state index contributed by atoms with van der Waals surface area (Å²) in [6.45, 7) is 8.52. The fourth-order valence-corrected chi connectivity index (χ4v) is 3.32. The zero-order valence-corrected chi connectivity index (χ0v) is 16.9. The number of ether oxygens (including phenoxy) is 1. The Morgan fingerprint density at radius 3 is 2.56 bits per heavy atom. The summed E-state index contributed by atoms with van der Waals surface area (Å²) in [7, 11) is 0. The summed E-state index contributed by atoms with van der Waals surface area (Å²) in [6, 6.07) is 4.07. The molecule has 0 unspecified atom stereocenters. The summed E-state index contributed by atoms with van der Waals surface area (Å²) in [5, 5.41) is 19.0. The van der Waals surface area contributed by atoms with Crippen LogP contribution in [0.2, 0.25) is 0 Å². The largest absolute Gasteiger partial charge is 0.508 e. The fourth-order valence-electron chi connectivity index (χ4n) is 3.32. The topological polar surface area (TPSA) is 70.1 Å². The lowest BCUT2D eigenvalue weighted by Crippen LogP contribution is -2.09. The van der Waals surface area contributed by atoms with Crippen molar-refractivity contribution in [2.45, 2.75) is 77.9 Å². The van der Waals surface area contributed by atoms with Crippen molar-refractivity contribution in [3.63, 3.8) is 0 Å². The van der Waals surface area contributed by atoms with Crippen molar-refractivity contribution in [3.05, 3.63) is 47.1 Å². The standard InChI is InChI=1S/C23H32O4/c1-16(2)7-6-14-23(4)22(27-23)13-10-17(3)8-5-9-20(25)19-12-11-18(24)15-21(19)26/h7-8,11-12,15,22,24,26H,5-6,9-10,13-14H2,1-4H3/b17-8+/t22-,23+/m1/s1. The highest BCUT2D eigenvalue weighted by atomic mass is 16.6. The molecule has 1 aliphatic heterocycles. The second-order valence-electron chi connectivity index (χ2n) is 7.99. The van der Waals surface area contributed by atoms with E-state index in [0.717, 1.165) is 25.7 Å². The second-order valence-corrected chi connectivity index (χ2v) is 7.99. The second kappa shape index (κ2) is 9.23. The van der Waals surface area contributed by atoms with Gasteiger partial charge in [0, 0.05) is 12.5 Å². The molecular formula is C23H32O4. The minimum absolute atomic E-state index is 0.0264. The third-order valence-corrected chi connectivity index (χ3v) is 5.18. The van der Waals surface area contributed by atoms with Crippen LogP contribution in [-0.4, -0.2) is 27.7 Å². The van der Waals surface area contributed by atoms with Gasteiger partial charge in [-0.1, -0.05) is 23.3 Å². The van der Waals surface area contributed by atoms with Gasteiger partial charge in [-0.15, -0.1) is 0 Å². The smallest absolute Gasteiger partial charge is 0.166 e. The van der Waals surface area contributed by atoms with E-state index in [1.54, 1.807) is 0 Å². The summed E-state index contributed by atoms with van der Waals surface area (Å²) in [5.41, 5.74) is 2.90. The number of ketones is 1. The van der Waals surface area contributed by atoms with Crippen LogP contribution in [-0.2, 0) is 4.74 Å². The average Bonchev–Trinajstić information content (AvgIpc) is 3.22. The molecular weight excluding hydrogens is 340 g/mol. The lowest BCUT2D eigenvalue weighted by molar-refractivity contribution is 0.0981. The van der Waals surface area contributed by atoms with E-state index in [-0.39, 0.29) is 28.4 Å². The van der Waals surface area contributed by atoms with E-state index >= 15 is 0 Å². The third-order valence-electron chi connectivity index (χ3n) is 5.18. The maximum atomic E-state index is 12.2. The Hall–Kier alpha value is -2.07. The summed E-state index contributed by atoms with van der Waals surface area (Å²) < 4.78 is 5.90. The van der Waals surface area contributed by atoms with Crippen LogP contribution in [0.4, 0.5) is 0 Å². The lowest BCUT2D eigenvalue weighted by Gasteiger charge is -2.05. The molecule has 1 saturated heterocycles. The predicted octanol–water partition coefficient (Wildman–Crippen LogP) is 5.69. The summed E-state index contributed by atoms with van der Waals surface area (Å²) >= 11 is 0. The number of phenols is 2. The first-order valence-electron chi connectivity index (χ1n) is 9.73. The average molecular weight is 373 g/mol.